The Balaban J connectivity index is 2.03. The molecule has 6 N–H and O–H groups in total. The van der Waals surface area contributed by atoms with Crippen LogP contribution < -0.4 is 5.32 Å². The fourth-order valence-corrected chi connectivity index (χ4v) is 9.48. The summed E-state index contributed by atoms with van der Waals surface area (Å²) in [6.07, 6.45) is 67.2. The minimum Gasteiger partial charge on any atom is -0.394 e. The molecule has 7 unspecified atom stereocenters. The number of hydrogen-bond acceptors (Lipinski definition) is 8. The Morgan fingerprint density at radius 3 is 1.26 bits per heavy atom. The number of nitrogens with one attached hydrogen (secondary N) is 1. The molecular formula is C64H115NO8. The molecule has 1 fully saturated rings. The summed E-state index contributed by atoms with van der Waals surface area (Å²) in [5.74, 6) is -0.176. The summed E-state index contributed by atoms with van der Waals surface area (Å²) in [7, 11) is 0. The number of unbranched alkanes of at least 4 members (excludes halogenated alkanes) is 32. The SMILES string of the molecule is CC/C=C\C/C=C\C/C=C\C/C=C\C/C=C\CCCCCCCCCCCCCCCCCCCCCCCCCC(=O)NC(COC1OC(CO)C(O)C(O)C1O)C(O)/C=C/CCCCCCCCCCC. The van der Waals surface area contributed by atoms with Gasteiger partial charge in [0.25, 0.3) is 0 Å². The van der Waals surface area contributed by atoms with E-state index < -0.39 is 49.5 Å². The quantitative estimate of drug-likeness (QED) is 0.0261. The maximum absolute atomic E-state index is 13.0. The molecule has 9 heteroatoms. The molecule has 1 heterocycles. The van der Waals surface area contributed by atoms with E-state index in [-0.39, 0.29) is 12.5 Å². The highest BCUT2D eigenvalue weighted by atomic mass is 16.7. The van der Waals surface area contributed by atoms with Crippen molar-refractivity contribution in [1.29, 1.82) is 0 Å². The first-order valence-corrected chi connectivity index (χ1v) is 30.7. The van der Waals surface area contributed by atoms with E-state index in [4.69, 9.17) is 9.47 Å². The lowest BCUT2D eigenvalue weighted by atomic mass is 9.99. The lowest BCUT2D eigenvalue weighted by Gasteiger charge is -2.40. The van der Waals surface area contributed by atoms with Gasteiger partial charge in [0.15, 0.2) is 6.29 Å². The topological polar surface area (TPSA) is 149 Å². The zero-order chi connectivity index (χ0) is 52.9. The van der Waals surface area contributed by atoms with Crippen molar-refractivity contribution in [2.75, 3.05) is 13.2 Å². The predicted octanol–water partition coefficient (Wildman–Crippen LogP) is 15.6. The summed E-state index contributed by atoms with van der Waals surface area (Å²) in [5, 5.41) is 54.3. The van der Waals surface area contributed by atoms with Crippen molar-refractivity contribution < 1.29 is 39.8 Å². The second-order valence-electron chi connectivity index (χ2n) is 21.1. The third kappa shape index (κ3) is 42.4. The Kier molecular flexibility index (Phi) is 49.9. The molecule has 0 aromatic carbocycles. The molecule has 1 aliphatic rings. The number of allylic oxidation sites excluding steroid dienone is 11. The van der Waals surface area contributed by atoms with E-state index in [1.165, 1.54) is 180 Å². The number of carbonyl (C=O) groups excluding carboxylic acids is 1. The Hall–Kier alpha value is -2.37. The van der Waals surface area contributed by atoms with Gasteiger partial charge in [-0.2, -0.15) is 0 Å². The van der Waals surface area contributed by atoms with Crippen molar-refractivity contribution in [1.82, 2.24) is 5.32 Å². The first-order valence-electron chi connectivity index (χ1n) is 30.7. The Morgan fingerprint density at radius 1 is 0.479 bits per heavy atom. The van der Waals surface area contributed by atoms with Crippen molar-refractivity contribution >= 4 is 5.91 Å². The summed E-state index contributed by atoms with van der Waals surface area (Å²) >= 11 is 0. The van der Waals surface area contributed by atoms with E-state index >= 15 is 0 Å². The zero-order valence-corrected chi connectivity index (χ0v) is 47.1. The van der Waals surface area contributed by atoms with Crippen LogP contribution in [-0.2, 0) is 14.3 Å². The largest absolute Gasteiger partial charge is 0.394 e. The molecule has 7 atom stereocenters. The number of carbonyl (C=O) groups is 1. The minimum atomic E-state index is -1.57. The molecule has 0 saturated carbocycles. The van der Waals surface area contributed by atoms with Crippen molar-refractivity contribution in [2.45, 2.75) is 314 Å². The molecule has 1 amide bonds. The van der Waals surface area contributed by atoms with Crippen LogP contribution in [0.15, 0.2) is 72.9 Å². The fourth-order valence-electron chi connectivity index (χ4n) is 9.48. The highest BCUT2D eigenvalue weighted by Gasteiger charge is 2.44. The smallest absolute Gasteiger partial charge is 0.220 e. The van der Waals surface area contributed by atoms with Crippen LogP contribution in [0.25, 0.3) is 0 Å². The number of hydrogen-bond donors (Lipinski definition) is 6. The van der Waals surface area contributed by atoms with Crippen molar-refractivity contribution in [3.63, 3.8) is 0 Å². The molecule has 0 aromatic rings. The van der Waals surface area contributed by atoms with Crippen molar-refractivity contribution in [3.05, 3.63) is 72.9 Å². The van der Waals surface area contributed by atoms with Crippen molar-refractivity contribution in [2.24, 2.45) is 0 Å². The zero-order valence-electron chi connectivity index (χ0n) is 47.1. The van der Waals surface area contributed by atoms with E-state index in [0.717, 1.165) is 70.6 Å². The molecule has 0 aromatic heterocycles. The van der Waals surface area contributed by atoms with Gasteiger partial charge < -0.3 is 40.3 Å². The molecule has 9 nitrogen and oxygen atoms in total. The fraction of sp³-hybridized carbons (Fsp3) is 0.797. The summed E-state index contributed by atoms with van der Waals surface area (Å²) in [4.78, 5) is 13.0. The van der Waals surface area contributed by atoms with Gasteiger partial charge in [-0.05, 0) is 64.2 Å². The third-order valence-electron chi connectivity index (χ3n) is 14.3. The summed E-state index contributed by atoms with van der Waals surface area (Å²) in [5.41, 5.74) is 0. The lowest BCUT2D eigenvalue weighted by molar-refractivity contribution is -0.302. The minimum absolute atomic E-state index is 0.176. The third-order valence-corrected chi connectivity index (χ3v) is 14.3. The summed E-state index contributed by atoms with van der Waals surface area (Å²) < 4.78 is 11.2. The highest BCUT2D eigenvalue weighted by molar-refractivity contribution is 5.76. The molecule has 424 valence electrons. The number of aliphatic hydroxyl groups excluding tert-OH is 5. The van der Waals surface area contributed by atoms with E-state index in [1.807, 2.05) is 6.08 Å². The van der Waals surface area contributed by atoms with Gasteiger partial charge in [0, 0.05) is 6.42 Å². The van der Waals surface area contributed by atoms with Crippen LogP contribution in [0, 0.1) is 0 Å². The molecule has 1 rings (SSSR count). The Morgan fingerprint density at radius 2 is 0.849 bits per heavy atom. The molecule has 73 heavy (non-hydrogen) atoms. The van der Waals surface area contributed by atoms with Gasteiger partial charge in [-0.1, -0.05) is 273 Å². The number of rotatable bonds is 52. The molecular weight excluding hydrogens is 911 g/mol. The monoisotopic (exact) mass is 1030 g/mol. The first-order chi connectivity index (χ1) is 35.8. The van der Waals surface area contributed by atoms with E-state index in [1.54, 1.807) is 6.08 Å². The lowest BCUT2D eigenvalue weighted by Crippen LogP contribution is -2.60. The van der Waals surface area contributed by atoms with Crippen LogP contribution >= 0.6 is 0 Å². The maximum atomic E-state index is 13.0. The highest BCUT2D eigenvalue weighted by Crippen LogP contribution is 2.23. The van der Waals surface area contributed by atoms with Crippen LogP contribution in [0.1, 0.15) is 271 Å². The van der Waals surface area contributed by atoms with Gasteiger partial charge >= 0.3 is 0 Å². The number of aliphatic hydroxyl groups is 5. The molecule has 0 bridgehead atoms. The molecule has 0 aliphatic carbocycles. The maximum Gasteiger partial charge on any atom is 0.220 e. The van der Waals surface area contributed by atoms with Gasteiger partial charge in [0.1, 0.15) is 24.4 Å². The van der Waals surface area contributed by atoms with E-state index in [2.05, 4.69) is 79.9 Å². The molecule has 0 spiro atoms. The van der Waals surface area contributed by atoms with Crippen LogP contribution in [0.3, 0.4) is 0 Å². The van der Waals surface area contributed by atoms with Gasteiger partial charge in [0.05, 0.1) is 25.4 Å². The van der Waals surface area contributed by atoms with Crippen LogP contribution in [0.4, 0.5) is 0 Å². The molecule has 0 radical (unpaired) electrons. The average Bonchev–Trinajstić information content (AvgIpc) is 3.39. The molecule has 1 aliphatic heterocycles. The summed E-state index contributed by atoms with van der Waals surface area (Å²) in [6, 6.07) is -0.803. The van der Waals surface area contributed by atoms with E-state index in [9.17, 15) is 30.3 Å². The standard InChI is InChI=1S/C64H115NO8/c1-3-5-7-9-11-13-15-16-17-18-19-20-21-22-23-24-25-26-27-28-29-30-31-32-33-34-35-36-37-38-39-40-41-42-44-46-48-50-52-54-60(68)65-57(56-72-64-63(71)62(70)61(69)59(55-66)73-64)58(67)53-51-49-47-45-43-14-12-10-8-6-4-2/h5,7,11,13,16-17,19-20,22-23,51,53,57-59,61-64,66-67,69-71H,3-4,6,8-10,12,14-15,18,21,24-50,52,54-56H2,1-2H3,(H,65,68)/b7-5-,13-11-,17-16-,20-19-,23-22-,53-51+. The van der Waals surface area contributed by atoms with Crippen LogP contribution in [0.2, 0.25) is 0 Å². The molecule has 1 saturated heterocycles. The number of ether oxygens (including phenoxy) is 2. The van der Waals surface area contributed by atoms with Gasteiger partial charge in [-0.15, -0.1) is 0 Å². The summed E-state index contributed by atoms with van der Waals surface area (Å²) in [6.45, 7) is 3.66. The normalized spacial score (nSPS) is 19.6. The Bertz CT molecular complexity index is 1380. The van der Waals surface area contributed by atoms with Crippen LogP contribution in [-0.4, -0.2) is 87.5 Å². The average molecular weight is 1030 g/mol. The van der Waals surface area contributed by atoms with Crippen LogP contribution in [0.5, 0.6) is 0 Å². The van der Waals surface area contributed by atoms with E-state index in [0.29, 0.717) is 6.42 Å². The van der Waals surface area contributed by atoms with Gasteiger partial charge in [-0.25, -0.2) is 0 Å². The predicted molar refractivity (Wildman–Crippen MR) is 309 cm³/mol. The Labute approximate surface area is 448 Å². The van der Waals surface area contributed by atoms with Gasteiger partial charge in [0.2, 0.25) is 5.91 Å². The number of amides is 1. The second-order valence-corrected chi connectivity index (χ2v) is 21.1. The second kappa shape index (κ2) is 53.0. The first kappa shape index (κ1) is 68.6. The van der Waals surface area contributed by atoms with Gasteiger partial charge in [-0.3, -0.25) is 4.79 Å². The van der Waals surface area contributed by atoms with Crippen molar-refractivity contribution in [3.8, 4) is 0 Å².